The molecule has 34 heavy (non-hydrogen) atoms. The van der Waals surface area contributed by atoms with Crippen molar-refractivity contribution in [2.24, 2.45) is 0 Å². The summed E-state index contributed by atoms with van der Waals surface area (Å²) in [4.78, 5) is 34.4. The Bertz CT molecular complexity index is 1190. The maximum atomic E-state index is 13.9. The minimum absolute atomic E-state index is 0.0577. The molecule has 1 aliphatic rings. The molecule has 4 rings (SSSR count). The lowest BCUT2D eigenvalue weighted by Gasteiger charge is -2.34. The van der Waals surface area contributed by atoms with Gasteiger partial charge in [-0.2, -0.15) is 0 Å². The van der Waals surface area contributed by atoms with Crippen molar-refractivity contribution in [1.29, 1.82) is 0 Å². The minimum atomic E-state index is -0.397. The molecule has 0 saturated carbocycles. The number of piperidine rings is 1. The molecule has 1 aliphatic heterocycles. The molecule has 0 unspecified atom stereocenters. The van der Waals surface area contributed by atoms with Crippen LogP contribution in [-0.2, 0) is 11.3 Å². The fourth-order valence-corrected chi connectivity index (χ4v) is 4.47. The topological polar surface area (TPSA) is 70.5 Å². The zero-order valence-corrected chi connectivity index (χ0v) is 20.3. The second-order valence-electron chi connectivity index (χ2n) is 8.98. The van der Waals surface area contributed by atoms with Gasteiger partial charge in [0.2, 0.25) is 5.91 Å². The van der Waals surface area contributed by atoms with E-state index in [1.54, 1.807) is 35.9 Å². The predicted molar refractivity (Wildman–Crippen MR) is 132 cm³/mol. The van der Waals surface area contributed by atoms with Crippen LogP contribution in [0.15, 0.2) is 42.6 Å². The van der Waals surface area contributed by atoms with E-state index in [-0.39, 0.29) is 24.4 Å². The Hall–Kier alpha value is -2.97. The first-order valence-electron chi connectivity index (χ1n) is 11.4. The fourth-order valence-electron chi connectivity index (χ4n) is 4.36. The third-order valence-electron chi connectivity index (χ3n) is 6.41. The lowest BCUT2D eigenvalue weighted by atomic mass is 10.0. The van der Waals surface area contributed by atoms with E-state index < -0.39 is 5.82 Å². The SMILES string of the molecule is CC(C)N1CCC(NC(=O)c2cc3cc(F)ccc3n2CC(=O)N(C)c2ccc(Cl)cn2)CC1. The molecule has 1 aromatic carbocycles. The molecule has 180 valence electrons. The Labute approximate surface area is 203 Å². The summed E-state index contributed by atoms with van der Waals surface area (Å²) in [6, 6.07) is 9.79. The lowest BCUT2D eigenvalue weighted by molar-refractivity contribution is -0.118. The summed E-state index contributed by atoms with van der Waals surface area (Å²) in [6.07, 6.45) is 3.20. The van der Waals surface area contributed by atoms with Crippen LogP contribution in [0.5, 0.6) is 0 Å². The molecule has 7 nitrogen and oxygen atoms in total. The largest absolute Gasteiger partial charge is 0.348 e. The molecule has 2 amide bonds. The van der Waals surface area contributed by atoms with Crippen molar-refractivity contribution in [1.82, 2.24) is 19.8 Å². The normalized spacial score (nSPS) is 15.1. The van der Waals surface area contributed by atoms with Crippen LogP contribution in [0, 0.1) is 5.82 Å². The second kappa shape index (κ2) is 10.1. The van der Waals surface area contributed by atoms with Gasteiger partial charge in [0, 0.05) is 49.3 Å². The van der Waals surface area contributed by atoms with Crippen molar-refractivity contribution in [2.45, 2.75) is 45.3 Å². The summed E-state index contributed by atoms with van der Waals surface area (Å²) in [5, 5.41) is 4.16. The maximum absolute atomic E-state index is 13.9. The highest BCUT2D eigenvalue weighted by Crippen LogP contribution is 2.23. The van der Waals surface area contributed by atoms with Crippen LogP contribution in [0.3, 0.4) is 0 Å². The van der Waals surface area contributed by atoms with Crippen molar-refractivity contribution in [3.63, 3.8) is 0 Å². The molecular weight excluding hydrogens is 457 g/mol. The number of hydrogen-bond acceptors (Lipinski definition) is 4. The lowest BCUT2D eigenvalue weighted by Crippen LogP contribution is -2.47. The third kappa shape index (κ3) is 5.23. The smallest absolute Gasteiger partial charge is 0.268 e. The van der Waals surface area contributed by atoms with Gasteiger partial charge in [-0.25, -0.2) is 9.37 Å². The van der Waals surface area contributed by atoms with E-state index >= 15 is 0 Å². The number of likely N-dealkylation sites (N-methyl/N-ethyl adjacent to an activating group) is 1. The molecule has 0 aliphatic carbocycles. The number of fused-ring (bicyclic) bond motifs is 1. The van der Waals surface area contributed by atoms with Gasteiger partial charge in [0.05, 0.1) is 5.02 Å². The number of halogens is 2. The number of hydrogen-bond donors (Lipinski definition) is 1. The Morgan fingerprint density at radius 1 is 1.21 bits per heavy atom. The van der Waals surface area contributed by atoms with Crippen molar-refractivity contribution in [2.75, 3.05) is 25.0 Å². The first-order chi connectivity index (χ1) is 16.2. The number of pyridine rings is 1. The first-order valence-corrected chi connectivity index (χ1v) is 11.8. The number of aromatic nitrogens is 2. The maximum Gasteiger partial charge on any atom is 0.268 e. The molecule has 1 saturated heterocycles. The van der Waals surface area contributed by atoms with Gasteiger partial charge in [0.1, 0.15) is 23.9 Å². The van der Waals surface area contributed by atoms with Crippen LogP contribution in [0.25, 0.3) is 10.9 Å². The molecule has 9 heteroatoms. The van der Waals surface area contributed by atoms with Crippen LogP contribution >= 0.6 is 11.6 Å². The summed E-state index contributed by atoms with van der Waals surface area (Å²) < 4.78 is 15.5. The van der Waals surface area contributed by atoms with Crippen molar-refractivity contribution >= 4 is 40.1 Å². The van der Waals surface area contributed by atoms with Crippen molar-refractivity contribution < 1.29 is 14.0 Å². The summed E-state index contributed by atoms with van der Waals surface area (Å²) in [7, 11) is 1.62. The van der Waals surface area contributed by atoms with E-state index in [0.717, 1.165) is 25.9 Å². The Morgan fingerprint density at radius 3 is 2.59 bits per heavy atom. The Kier molecular flexibility index (Phi) is 7.19. The first kappa shape index (κ1) is 24.2. The summed E-state index contributed by atoms with van der Waals surface area (Å²) in [6.45, 7) is 6.10. The average molecular weight is 486 g/mol. The number of likely N-dealkylation sites (tertiary alicyclic amines) is 1. The highest BCUT2D eigenvalue weighted by atomic mass is 35.5. The van der Waals surface area contributed by atoms with E-state index in [1.165, 1.54) is 23.2 Å². The monoisotopic (exact) mass is 485 g/mol. The molecule has 0 spiro atoms. The van der Waals surface area contributed by atoms with Gasteiger partial charge in [-0.05, 0) is 63.1 Å². The standard InChI is InChI=1S/C25H29ClFN5O2/c1-16(2)31-10-8-20(9-11-31)29-25(34)22-13-17-12-19(27)5-6-21(17)32(22)15-24(33)30(3)23-7-4-18(26)14-28-23/h4-7,12-14,16,20H,8-11,15H2,1-3H3,(H,29,34). The highest BCUT2D eigenvalue weighted by Gasteiger charge is 2.25. The molecule has 0 radical (unpaired) electrons. The molecular formula is C25H29ClFN5O2. The van der Waals surface area contributed by atoms with Gasteiger partial charge < -0.3 is 14.8 Å². The van der Waals surface area contributed by atoms with E-state index in [4.69, 9.17) is 11.6 Å². The quantitative estimate of drug-likeness (QED) is 0.570. The van der Waals surface area contributed by atoms with Gasteiger partial charge in [0.15, 0.2) is 0 Å². The van der Waals surface area contributed by atoms with Crippen LogP contribution in [-0.4, -0.2) is 58.5 Å². The number of rotatable bonds is 6. The van der Waals surface area contributed by atoms with Crippen LogP contribution < -0.4 is 10.2 Å². The molecule has 3 heterocycles. The second-order valence-corrected chi connectivity index (χ2v) is 9.42. The van der Waals surface area contributed by atoms with Gasteiger partial charge in [-0.15, -0.1) is 0 Å². The average Bonchev–Trinajstić information content (AvgIpc) is 3.16. The molecule has 1 fully saturated rings. The van der Waals surface area contributed by atoms with Crippen LogP contribution in [0.2, 0.25) is 5.02 Å². The molecule has 2 aromatic heterocycles. The number of anilines is 1. The van der Waals surface area contributed by atoms with E-state index in [9.17, 15) is 14.0 Å². The van der Waals surface area contributed by atoms with Crippen molar-refractivity contribution in [3.8, 4) is 0 Å². The zero-order chi connectivity index (χ0) is 24.4. The number of nitrogens with zero attached hydrogens (tertiary/aromatic N) is 4. The zero-order valence-electron chi connectivity index (χ0n) is 19.6. The number of nitrogens with one attached hydrogen (secondary N) is 1. The van der Waals surface area contributed by atoms with E-state index in [2.05, 4.69) is 29.0 Å². The van der Waals surface area contributed by atoms with Crippen LogP contribution in [0.4, 0.5) is 10.2 Å². The van der Waals surface area contributed by atoms with Crippen molar-refractivity contribution in [3.05, 3.63) is 59.1 Å². The summed E-state index contributed by atoms with van der Waals surface area (Å²) in [5.41, 5.74) is 0.949. The van der Waals surface area contributed by atoms with Gasteiger partial charge in [-0.3, -0.25) is 14.5 Å². The van der Waals surface area contributed by atoms with E-state index in [1.807, 2.05) is 0 Å². The molecule has 0 bridgehead atoms. The third-order valence-corrected chi connectivity index (χ3v) is 6.64. The molecule has 0 atom stereocenters. The highest BCUT2D eigenvalue weighted by molar-refractivity contribution is 6.30. The molecule has 1 N–H and O–H groups in total. The number of benzene rings is 1. The van der Waals surface area contributed by atoms with Gasteiger partial charge in [0.25, 0.3) is 5.91 Å². The Morgan fingerprint density at radius 2 is 1.94 bits per heavy atom. The number of carbonyl (C=O) groups excluding carboxylic acids is 2. The van der Waals surface area contributed by atoms with E-state index in [0.29, 0.717) is 33.5 Å². The summed E-state index contributed by atoms with van der Waals surface area (Å²) >= 11 is 5.90. The minimum Gasteiger partial charge on any atom is -0.348 e. The summed E-state index contributed by atoms with van der Waals surface area (Å²) in [5.74, 6) is -0.484. The van der Waals surface area contributed by atoms with Crippen LogP contribution in [0.1, 0.15) is 37.2 Å². The van der Waals surface area contributed by atoms with Gasteiger partial charge >= 0.3 is 0 Å². The fraction of sp³-hybridized carbons (Fsp3) is 0.400. The molecule has 3 aromatic rings. The number of carbonyl (C=O) groups is 2. The Balaban J connectivity index is 1.56. The van der Waals surface area contributed by atoms with Gasteiger partial charge in [-0.1, -0.05) is 11.6 Å². The predicted octanol–water partition coefficient (Wildman–Crippen LogP) is 4.09. The number of amides is 2.